The number of aromatic nitrogens is 1. The highest BCUT2D eigenvalue weighted by Gasteiger charge is 2.27. The van der Waals surface area contributed by atoms with Crippen molar-refractivity contribution < 1.29 is 17.9 Å². The lowest BCUT2D eigenvalue weighted by molar-refractivity contribution is 0.374. The minimum absolute atomic E-state index is 0.147. The molecule has 0 radical (unpaired) electrons. The van der Waals surface area contributed by atoms with Crippen molar-refractivity contribution in [3.05, 3.63) is 42.1 Å². The fourth-order valence-corrected chi connectivity index (χ4v) is 4.05. The summed E-state index contributed by atoms with van der Waals surface area (Å²) >= 11 is 0. The Kier molecular flexibility index (Phi) is 4.88. The number of sulfonamides is 1. The quantitative estimate of drug-likeness (QED) is 0.814. The van der Waals surface area contributed by atoms with Crippen LogP contribution in [0.15, 0.2) is 41.4 Å². The molecule has 3 rings (SSSR count). The molecule has 1 aromatic heterocycles. The summed E-state index contributed by atoms with van der Waals surface area (Å²) in [5.41, 5.74) is 0.448. The molecule has 130 valence electrons. The topological polar surface area (TPSA) is 92.5 Å². The van der Waals surface area contributed by atoms with Gasteiger partial charge in [0.15, 0.2) is 11.5 Å². The van der Waals surface area contributed by atoms with E-state index in [1.165, 1.54) is 29.7 Å². The molecule has 0 aliphatic carbocycles. The van der Waals surface area contributed by atoms with Crippen LogP contribution in [0.1, 0.15) is 18.4 Å². The molecule has 2 aromatic rings. The van der Waals surface area contributed by atoms with E-state index in [1.54, 1.807) is 18.2 Å². The second-order valence-corrected chi connectivity index (χ2v) is 7.46. The number of pyridine rings is 1. The van der Waals surface area contributed by atoms with Crippen LogP contribution < -0.4 is 9.47 Å². The average molecular weight is 359 g/mol. The number of methoxy groups -OCH3 is 1. The van der Waals surface area contributed by atoms with Crippen molar-refractivity contribution in [3.63, 3.8) is 0 Å². The Morgan fingerprint density at radius 3 is 2.52 bits per heavy atom. The van der Waals surface area contributed by atoms with Crippen LogP contribution in [0.3, 0.4) is 0 Å². The van der Waals surface area contributed by atoms with Crippen molar-refractivity contribution in [1.82, 2.24) is 9.29 Å². The predicted molar refractivity (Wildman–Crippen MR) is 90.0 cm³/mol. The first-order chi connectivity index (χ1) is 12.0. The van der Waals surface area contributed by atoms with E-state index in [0.29, 0.717) is 30.2 Å². The molecule has 1 aliphatic heterocycles. The number of nitrogens with zero attached hydrogens (tertiary/aromatic N) is 3. The normalized spacial score (nSPS) is 14.9. The van der Waals surface area contributed by atoms with Gasteiger partial charge in [-0.2, -0.15) is 9.57 Å². The van der Waals surface area contributed by atoms with Crippen molar-refractivity contribution in [2.24, 2.45) is 0 Å². The Balaban J connectivity index is 1.81. The average Bonchev–Trinajstić information content (AvgIpc) is 3.18. The standard InChI is InChI=1S/C17H17N3O4S/c1-23-16-10-13(11-18)4-6-15(16)24-17-7-5-14(12-19-17)25(21,22)20-8-2-3-9-20/h4-7,10,12H,2-3,8-9H2,1H3. The third-order valence-electron chi connectivity index (χ3n) is 3.92. The van der Waals surface area contributed by atoms with Crippen LogP contribution in [0, 0.1) is 11.3 Å². The van der Waals surface area contributed by atoms with Gasteiger partial charge < -0.3 is 9.47 Å². The van der Waals surface area contributed by atoms with Crippen molar-refractivity contribution in [3.8, 4) is 23.4 Å². The monoisotopic (exact) mass is 359 g/mol. The molecular formula is C17H17N3O4S. The van der Waals surface area contributed by atoms with Crippen LogP contribution in [0.25, 0.3) is 0 Å². The second-order valence-electron chi connectivity index (χ2n) is 5.52. The van der Waals surface area contributed by atoms with Crippen LogP contribution in [0.4, 0.5) is 0 Å². The molecule has 8 heteroatoms. The number of hydrogen-bond donors (Lipinski definition) is 0. The van der Waals surface area contributed by atoms with Crippen LogP contribution >= 0.6 is 0 Å². The maximum Gasteiger partial charge on any atom is 0.244 e. The molecule has 0 bridgehead atoms. The van der Waals surface area contributed by atoms with Crippen LogP contribution in [0.2, 0.25) is 0 Å². The largest absolute Gasteiger partial charge is 0.493 e. The number of rotatable bonds is 5. The summed E-state index contributed by atoms with van der Waals surface area (Å²) in [6.07, 6.45) is 3.05. The zero-order valence-corrected chi connectivity index (χ0v) is 14.5. The van der Waals surface area contributed by atoms with Gasteiger partial charge in [0.1, 0.15) is 4.90 Å². The summed E-state index contributed by atoms with van der Waals surface area (Å²) < 4.78 is 37.2. The lowest BCUT2D eigenvalue weighted by Crippen LogP contribution is -2.27. The Morgan fingerprint density at radius 1 is 1.16 bits per heavy atom. The van der Waals surface area contributed by atoms with Crippen LogP contribution in [-0.2, 0) is 10.0 Å². The maximum absolute atomic E-state index is 12.5. The van der Waals surface area contributed by atoms with Crippen LogP contribution in [0.5, 0.6) is 17.4 Å². The Bertz CT molecular complexity index is 898. The lowest BCUT2D eigenvalue weighted by atomic mass is 10.2. The highest BCUT2D eigenvalue weighted by Crippen LogP contribution is 2.32. The molecule has 1 aliphatic rings. The zero-order valence-electron chi connectivity index (χ0n) is 13.7. The van der Waals surface area contributed by atoms with Crippen molar-refractivity contribution in [2.45, 2.75) is 17.7 Å². The number of benzene rings is 1. The van der Waals surface area contributed by atoms with E-state index in [0.717, 1.165) is 12.8 Å². The number of hydrogen-bond acceptors (Lipinski definition) is 6. The minimum atomic E-state index is -3.50. The van der Waals surface area contributed by atoms with Crippen molar-refractivity contribution >= 4 is 10.0 Å². The van der Waals surface area contributed by atoms with Gasteiger partial charge in [0.2, 0.25) is 15.9 Å². The molecule has 1 aromatic carbocycles. The molecule has 0 atom stereocenters. The highest BCUT2D eigenvalue weighted by atomic mass is 32.2. The smallest absolute Gasteiger partial charge is 0.244 e. The molecule has 1 saturated heterocycles. The summed E-state index contributed by atoms with van der Waals surface area (Å²) in [5.74, 6) is 1.03. The third kappa shape index (κ3) is 3.57. The van der Waals surface area contributed by atoms with Gasteiger partial charge in [-0.1, -0.05) is 0 Å². The van der Waals surface area contributed by atoms with Gasteiger partial charge in [-0.15, -0.1) is 0 Å². The van der Waals surface area contributed by atoms with Gasteiger partial charge in [-0.3, -0.25) is 0 Å². The highest BCUT2D eigenvalue weighted by molar-refractivity contribution is 7.89. The Morgan fingerprint density at radius 2 is 1.92 bits per heavy atom. The predicted octanol–water partition coefficient (Wildman–Crippen LogP) is 2.54. The van der Waals surface area contributed by atoms with Crippen LogP contribution in [-0.4, -0.2) is 37.9 Å². The fraction of sp³-hybridized carbons (Fsp3) is 0.294. The van der Waals surface area contributed by atoms with E-state index in [9.17, 15) is 8.42 Å². The van der Waals surface area contributed by atoms with E-state index in [4.69, 9.17) is 14.7 Å². The molecule has 25 heavy (non-hydrogen) atoms. The molecule has 2 heterocycles. The Labute approximate surface area is 146 Å². The second kappa shape index (κ2) is 7.09. The summed E-state index contributed by atoms with van der Waals surface area (Å²) in [6.45, 7) is 1.09. The molecule has 1 fully saturated rings. The first kappa shape index (κ1) is 17.2. The Hall–Kier alpha value is -2.63. The van der Waals surface area contributed by atoms with Gasteiger partial charge >= 0.3 is 0 Å². The molecule has 0 unspecified atom stereocenters. The first-order valence-electron chi connectivity index (χ1n) is 7.77. The summed E-state index contributed by atoms with van der Waals surface area (Å²) in [4.78, 5) is 4.23. The molecular weight excluding hydrogens is 342 g/mol. The first-order valence-corrected chi connectivity index (χ1v) is 9.21. The fourth-order valence-electron chi connectivity index (χ4n) is 2.59. The van der Waals surface area contributed by atoms with Gasteiger partial charge in [0.05, 0.1) is 24.9 Å². The van der Waals surface area contributed by atoms with Gasteiger partial charge in [-0.25, -0.2) is 13.4 Å². The van der Waals surface area contributed by atoms with Gasteiger partial charge in [-0.05, 0) is 31.0 Å². The third-order valence-corrected chi connectivity index (χ3v) is 5.80. The van der Waals surface area contributed by atoms with Gasteiger partial charge in [0.25, 0.3) is 0 Å². The van der Waals surface area contributed by atoms with E-state index in [2.05, 4.69) is 4.98 Å². The van der Waals surface area contributed by atoms with Crippen molar-refractivity contribution in [1.29, 1.82) is 5.26 Å². The summed E-state index contributed by atoms with van der Waals surface area (Å²) in [7, 11) is -2.02. The molecule has 0 amide bonds. The molecule has 0 saturated carbocycles. The maximum atomic E-state index is 12.5. The SMILES string of the molecule is COc1cc(C#N)ccc1Oc1ccc(S(=O)(=O)N2CCCC2)cn1. The molecule has 7 nitrogen and oxygen atoms in total. The molecule has 0 N–H and O–H groups in total. The van der Waals surface area contributed by atoms with E-state index in [-0.39, 0.29) is 10.8 Å². The summed E-state index contributed by atoms with van der Waals surface area (Å²) in [5, 5.41) is 8.92. The summed E-state index contributed by atoms with van der Waals surface area (Å²) in [6, 6.07) is 9.76. The van der Waals surface area contributed by atoms with E-state index in [1.807, 2.05) is 6.07 Å². The van der Waals surface area contributed by atoms with E-state index < -0.39 is 10.0 Å². The number of nitriles is 1. The van der Waals surface area contributed by atoms with E-state index >= 15 is 0 Å². The minimum Gasteiger partial charge on any atom is -0.493 e. The zero-order chi connectivity index (χ0) is 17.9. The lowest BCUT2D eigenvalue weighted by Gasteiger charge is -2.15. The van der Waals surface area contributed by atoms with Gasteiger partial charge in [0, 0.05) is 25.2 Å². The number of ether oxygens (including phenoxy) is 2. The van der Waals surface area contributed by atoms with Crippen molar-refractivity contribution in [2.75, 3.05) is 20.2 Å². The molecule has 0 spiro atoms.